The van der Waals surface area contributed by atoms with Crippen LogP contribution in [0, 0.1) is 0 Å². The number of carbonyl (C=O) groups excluding carboxylic acids is 1. The Morgan fingerprint density at radius 2 is 2.20 bits per heavy atom. The van der Waals surface area contributed by atoms with Crippen molar-refractivity contribution in [1.29, 1.82) is 0 Å². The highest BCUT2D eigenvalue weighted by Gasteiger charge is 2.12. The molecule has 1 amide bonds. The normalized spacial score (nSPS) is 15.8. The van der Waals surface area contributed by atoms with Gasteiger partial charge in [0.1, 0.15) is 5.75 Å². The summed E-state index contributed by atoms with van der Waals surface area (Å²) < 4.78 is 10.3. The van der Waals surface area contributed by atoms with Crippen molar-refractivity contribution in [1.82, 2.24) is 4.90 Å². The summed E-state index contributed by atoms with van der Waals surface area (Å²) in [7, 11) is 1.58. The molecule has 1 aromatic carbocycles. The van der Waals surface area contributed by atoms with Crippen molar-refractivity contribution >= 4 is 17.3 Å². The van der Waals surface area contributed by atoms with Gasteiger partial charge in [-0.25, -0.2) is 0 Å². The van der Waals surface area contributed by atoms with E-state index in [9.17, 15) is 4.79 Å². The minimum Gasteiger partial charge on any atom is -0.497 e. The number of anilines is 2. The van der Waals surface area contributed by atoms with E-state index in [1.165, 1.54) is 0 Å². The average molecular weight is 279 g/mol. The summed E-state index contributed by atoms with van der Waals surface area (Å²) in [5.74, 6) is 0.641. The van der Waals surface area contributed by atoms with Crippen LogP contribution < -0.4 is 15.8 Å². The number of nitrogens with two attached hydrogens (primary N) is 1. The monoisotopic (exact) mass is 279 g/mol. The highest BCUT2D eigenvalue weighted by molar-refractivity contribution is 5.94. The van der Waals surface area contributed by atoms with Crippen LogP contribution in [0.4, 0.5) is 11.4 Å². The highest BCUT2D eigenvalue weighted by atomic mass is 16.5. The molecule has 6 heteroatoms. The Labute approximate surface area is 118 Å². The minimum atomic E-state index is -0.0339. The number of ether oxygens (including phenoxy) is 2. The number of nitrogens with one attached hydrogen (secondary N) is 1. The molecule has 1 aliphatic rings. The van der Waals surface area contributed by atoms with Crippen LogP contribution in [-0.4, -0.2) is 50.8 Å². The first-order valence-corrected chi connectivity index (χ1v) is 6.72. The lowest BCUT2D eigenvalue weighted by molar-refractivity contribution is -0.116. The topological polar surface area (TPSA) is 76.8 Å². The second kappa shape index (κ2) is 7.12. The van der Waals surface area contributed by atoms with Gasteiger partial charge < -0.3 is 20.5 Å². The standard InChI is InChI=1S/C14H21N3O3/c1-19-11-2-3-13(12(15)10-11)16-14(18)4-5-17-6-8-20-9-7-17/h2-3,10H,4-9,15H2,1H3,(H,16,18). The number of hydrogen-bond acceptors (Lipinski definition) is 5. The third-order valence-corrected chi connectivity index (χ3v) is 3.29. The second-order valence-corrected chi connectivity index (χ2v) is 4.71. The van der Waals surface area contributed by atoms with Gasteiger partial charge in [0, 0.05) is 32.1 Å². The van der Waals surface area contributed by atoms with E-state index in [2.05, 4.69) is 10.2 Å². The van der Waals surface area contributed by atoms with E-state index < -0.39 is 0 Å². The molecule has 6 nitrogen and oxygen atoms in total. The predicted molar refractivity (Wildman–Crippen MR) is 77.9 cm³/mol. The lowest BCUT2D eigenvalue weighted by Gasteiger charge is -2.26. The molecule has 0 atom stereocenters. The fourth-order valence-electron chi connectivity index (χ4n) is 2.08. The van der Waals surface area contributed by atoms with E-state index in [0.29, 0.717) is 23.5 Å². The van der Waals surface area contributed by atoms with Crippen molar-refractivity contribution < 1.29 is 14.3 Å². The molecule has 1 heterocycles. The molecule has 2 rings (SSSR count). The molecule has 1 aromatic rings. The second-order valence-electron chi connectivity index (χ2n) is 4.71. The summed E-state index contributed by atoms with van der Waals surface area (Å²) in [6, 6.07) is 5.21. The minimum absolute atomic E-state index is 0.0339. The zero-order valence-corrected chi connectivity index (χ0v) is 11.7. The van der Waals surface area contributed by atoms with Crippen LogP contribution >= 0.6 is 0 Å². The molecular weight excluding hydrogens is 258 g/mol. The Morgan fingerprint density at radius 1 is 1.45 bits per heavy atom. The Hall–Kier alpha value is -1.79. The number of morpholine rings is 1. The molecule has 0 aromatic heterocycles. The number of rotatable bonds is 5. The van der Waals surface area contributed by atoms with Gasteiger partial charge in [-0.3, -0.25) is 9.69 Å². The van der Waals surface area contributed by atoms with Gasteiger partial charge in [-0.15, -0.1) is 0 Å². The van der Waals surface area contributed by atoms with Crippen LogP contribution in [0.15, 0.2) is 18.2 Å². The molecule has 0 spiro atoms. The Kier molecular flexibility index (Phi) is 5.20. The lowest BCUT2D eigenvalue weighted by Crippen LogP contribution is -2.38. The van der Waals surface area contributed by atoms with E-state index in [-0.39, 0.29) is 5.91 Å². The molecule has 110 valence electrons. The van der Waals surface area contributed by atoms with Crippen molar-refractivity contribution in [3.63, 3.8) is 0 Å². The fraction of sp³-hybridized carbons (Fsp3) is 0.500. The summed E-state index contributed by atoms with van der Waals surface area (Å²) in [6.45, 7) is 4.00. The Bertz CT molecular complexity index is 459. The maximum atomic E-state index is 11.9. The summed E-state index contributed by atoms with van der Waals surface area (Å²) in [5, 5.41) is 2.82. The van der Waals surface area contributed by atoms with Gasteiger partial charge in [0.2, 0.25) is 5.91 Å². The quantitative estimate of drug-likeness (QED) is 0.784. The summed E-state index contributed by atoms with van der Waals surface area (Å²) in [4.78, 5) is 14.1. The van der Waals surface area contributed by atoms with E-state index in [4.69, 9.17) is 15.2 Å². The lowest BCUT2D eigenvalue weighted by atomic mass is 10.2. The van der Waals surface area contributed by atoms with Crippen LogP contribution in [0.25, 0.3) is 0 Å². The molecule has 3 N–H and O–H groups in total. The number of nitrogen functional groups attached to an aromatic ring is 1. The predicted octanol–water partition coefficient (Wildman–Crippen LogP) is 0.938. The van der Waals surface area contributed by atoms with E-state index in [1.54, 1.807) is 25.3 Å². The fourth-order valence-corrected chi connectivity index (χ4v) is 2.08. The van der Waals surface area contributed by atoms with Crippen molar-refractivity contribution in [3.05, 3.63) is 18.2 Å². The van der Waals surface area contributed by atoms with Gasteiger partial charge in [-0.05, 0) is 12.1 Å². The van der Waals surface area contributed by atoms with Crippen LogP contribution in [0.5, 0.6) is 5.75 Å². The molecule has 0 radical (unpaired) electrons. The molecule has 0 unspecified atom stereocenters. The van der Waals surface area contributed by atoms with E-state index >= 15 is 0 Å². The maximum absolute atomic E-state index is 11.9. The summed E-state index contributed by atoms with van der Waals surface area (Å²) in [5.41, 5.74) is 6.99. The number of nitrogens with zero attached hydrogens (tertiary/aromatic N) is 1. The first kappa shape index (κ1) is 14.6. The van der Waals surface area contributed by atoms with Gasteiger partial charge >= 0.3 is 0 Å². The van der Waals surface area contributed by atoms with Gasteiger partial charge in [-0.1, -0.05) is 0 Å². The van der Waals surface area contributed by atoms with Crippen LogP contribution in [0.2, 0.25) is 0 Å². The average Bonchev–Trinajstić information content (AvgIpc) is 2.48. The molecule has 0 bridgehead atoms. The van der Waals surface area contributed by atoms with Crippen molar-refractivity contribution in [2.45, 2.75) is 6.42 Å². The molecular formula is C14H21N3O3. The summed E-state index contributed by atoms with van der Waals surface area (Å²) in [6.07, 6.45) is 0.450. The van der Waals surface area contributed by atoms with Crippen LogP contribution in [0.1, 0.15) is 6.42 Å². The van der Waals surface area contributed by atoms with Crippen molar-refractivity contribution in [3.8, 4) is 5.75 Å². The molecule has 20 heavy (non-hydrogen) atoms. The first-order chi connectivity index (χ1) is 9.69. The van der Waals surface area contributed by atoms with Gasteiger partial charge in [-0.2, -0.15) is 0 Å². The number of carbonyl (C=O) groups is 1. The van der Waals surface area contributed by atoms with E-state index in [1.807, 2.05) is 0 Å². The highest BCUT2D eigenvalue weighted by Crippen LogP contribution is 2.24. The van der Waals surface area contributed by atoms with Gasteiger partial charge in [0.25, 0.3) is 0 Å². The van der Waals surface area contributed by atoms with Crippen LogP contribution in [0.3, 0.4) is 0 Å². The smallest absolute Gasteiger partial charge is 0.225 e. The maximum Gasteiger partial charge on any atom is 0.225 e. The third-order valence-electron chi connectivity index (χ3n) is 3.29. The molecule has 1 saturated heterocycles. The Morgan fingerprint density at radius 3 is 2.85 bits per heavy atom. The molecule has 1 fully saturated rings. The zero-order chi connectivity index (χ0) is 14.4. The number of benzene rings is 1. The number of methoxy groups -OCH3 is 1. The largest absolute Gasteiger partial charge is 0.497 e. The van der Waals surface area contributed by atoms with Gasteiger partial charge in [0.05, 0.1) is 31.7 Å². The van der Waals surface area contributed by atoms with E-state index in [0.717, 1.165) is 32.8 Å². The summed E-state index contributed by atoms with van der Waals surface area (Å²) >= 11 is 0. The first-order valence-electron chi connectivity index (χ1n) is 6.72. The van der Waals surface area contributed by atoms with Crippen LogP contribution in [-0.2, 0) is 9.53 Å². The molecule has 0 aliphatic carbocycles. The third kappa shape index (κ3) is 4.11. The Balaban J connectivity index is 1.81. The van der Waals surface area contributed by atoms with Crippen molar-refractivity contribution in [2.75, 3.05) is 51.0 Å². The molecule has 1 aliphatic heterocycles. The number of amides is 1. The zero-order valence-electron chi connectivity index (χ0n) is 11.7. The van der Waals surface area contributed by atoms with Crippen molar-refractivity contribution in [2.24, 2.45) is 0 Å². The number of hydrogen-bond donors (Lipinski definition) is 2. The SMILES string of the molecule is COc1ccc(NC(=O)CCN2CCOCC2)c(N)c1. The molecule has 0 saturated carbocycles. The van der Waals surface area contributed by atoms with Gasteiger partial charge in [0.15, 0.2) is 0 Å².